The third-order valence-corrected chi connectivity index (χ3v) is 6.55. The first-order valence-electron chi connectivity index (χ1n) is 12.2. The van der Waals surface area contributed by atoms with Crippen molar-refractivity contribution in [2.45, 2.75) is 64.3 Å². The molecule has 0 aliphatic carbocycles. The van der Waals surface area contributed by atoms with E-state index < -0.39 is 35.6 Å². The van der Waals surface area contributed by atoms with Crippen molar-refractivity contribution in [1.82, 2.24) is 15.1 Å². The first-order chi connectivity index (χ1) is 16.5. The number of hydrogen-bond donors (Lipinski definition) is 2. The van der Waals surface area contributed by atoms with Gasteiger partial charge in [-0.3, -0.25) is 29.0 Å². The Kier molecular flexibility index (Phi) is 7.14. The number of piperidine rings is 1. The van der Waals surface area contributed by atoms with E-state index in [1.165, 1.54) is 0 Å². The molecule has 0 radical (unpaired) electrons. The molecule has 3 aliphatic heterocycles. The third kappa shape index (κ3) is 5.65. The molecule has 10 nitrogen and oxygen atoms in total. The number of nitrogens with one attached hydrogen (secondary N) is 1. The Labute approximate surface area is 205 Å². The molecule has 0 aromatic heterocycles. The van der Waals surface area contributed by atoms with Crippen LogP contribution < -0.4 is 10.2 Å². The largest absolute Gasteiger partial charge is 0.460 e. The summed E-state index contributed by atoms with van der Waals surface area (Å²) < 4.78 is 5.36. The highest BCUT2D eigenvalue weighted by molar-refractivity contribution is 6.23. The number of anilines is 1. The topological polar surface area (TPSA) is 119 Å². The minimum absolute atomic E-state index is 0.176. The van der Waals surface area contributed by atoms with E-state index in [0.717, 1.165) is 49.7 Å². The molecule has 0 saturated carbocycles. The second-order valence-corrected chi connectivity index (χ2v) is 10.3. The van der Waals surface area contributed by atoms with Crippen molar-refractivity contribution in [3.05, 3.63) is 29.3 Å². The van der Waals surface area contributed by atoms with E-state index in [-0.39, 0.29) is 18.8 Å². The zero-order chi connectivity index (χ0) is 25.3. The minimum atomic E-state index is -0.948. The molecule has 2 fully saturated rings. The molecule has 3 heterocycles. The number of carbonyl (C=O) groups excluding carboxylic acids is 4. The second-order valence-electron chi connectivity index (χ2n) is 10.3. The summed E-state index contributed by atoms with van der Waals surface area (Å²) in [4.78, 5) is 55.7. The number of hydrogen-bond acceptors (Lipinski definition) is 8. The number of fused-ring (bicyclic) bond motifs is 1. The predicted octanol–water partition coefficient (Wildman–Crippen LogP) is 1.12. The van der Waals surface area contributed by atoms with Crippen molar-refractivity contribution < 1.29 is 29.0 Å². The van der Waals surface area contributed by atoms with Crippen LogP contribution in [0.1, 0.15) is 67.2 Å². The number of aliphatic hydroxyl groups is 1. The van der Waals surface area contributed by atoms with Gasteiger partial charge in [-0.15, -0.1) is 0 Å². The highest BCUT2D eigenvalue weighted by atomic mass is 16.6. The second kappa shape index (κ2) is 9.94. The third-order valence-electron chi connectivity index (χ3n) is 6.55. The molecule has 10 heteroatoms. The Hall–Kier alpha value is -2.98. The lowest BCUT2D eigenvalue weighted by Gasteiger charge is -2.36. The Morgan fingerprint density at radius 1 is 1.06 bits per heavy atom. The standard InChI is InChI=1S/C25H34N4O6/c1-25(2,3)35-21(31)5-4-10-27-11-13-28(14-12-27)16-6-7-17-18(15-16)24(34)29(23(17)33)19-8-9-20(30)26-22(19)32/h6-7,15,19-20,30H,4-5,8-14H2,1-3H3,(H,26,32). The van der Waals surface area contributed by atoms with Crippen LogP contribution in [0.2, 0.25) is 0 Å². The molecule has 190 valence electrons. The number of aliphatic hydroxyl groups excluding tert-OH is 1. The minimum Gasteiger partial charge on any atom is -0.460 e. The van der Waals surface area contributed by atoms with E-state index in [9.17, 15) is 24.3 Å². The van der Waals surface area contributed by atoms with Gasteiger partial charge >= 0.3 is 5.97 Å². The fourth-order valence-corrected chi connectivity index (χ4v) is 4.82. The summed E-state index contributed by atoms with van der Waals surface area (Å²) in [5, 5.41) is 12.0. The van der Waals surface area contributed by atoms with Crippen molar-refractivity contribution in [2.24, 2.45) is 0 Å². The van der Waals surface area contributed by atoms with Gasteiger partial charge in [0.2, 0.25) is 5.91 Å². The van der Waals surface area contributed by atoms with Gasteiger partial charge in [0.15, 0.2) is 0 Å². The zero-order valence-corrected chi connectivity index (χ0v) is 20.6. The number of benzene rings is 1. The van der Waals surface area contributed by atoms with Crippen molar-refractivity contribution in [3.8, 4) is 0 Å². The van der Waals surface area contributed by atoms with E-state index in [4.69, 9.17) is 4.74 Å². The molecule has 2 unspecified atom stereocenters. The summed E-state index contributed by atoms with van der Waals surface area (Å²) in [6, 6.07) is 4.34. The van der Waals surface area contributed by atoms with Gasteiger partial charge in [0.05, 0.1) is 11.1 Å². The summed E-state index contributed by atoms with van der Waals surface area (Å²) in [5.74, 6) is -1.63. The number of rotatable bonds is 6. The highest BCUT2D eigenvalue weighted by Gasteiger charge is 2.44. The van der Waals surface area contributed by atoms with Gasteiger partial charge in [-0.1, -0.05) is 0 Å². The molecule has 1 aromatic rings. The van der Waals surface area contributed by atoms with Crippen LogP contribution in [0.4, 0.5) is 5.69 Å². The highest BCUT2D eigenvalue weighted by Crippen LogP contribution is 2.31. The molecule has 4 rings (SSSR count). The maximum absolute atomic E-state index is 13.1. The number of nitrogens with zero attached hydrogens (tertiary/aromatic N) is 3. The molecule has 0 bridgehead atoms. The number of amides is 3. The molecular formula is C25H34N4O6. The Morgan fingerprint density at radius 2 is 1.74 bits per heavy atom. The SMILES string of the molecule is CC(C)(C)OC(=O)CCCN1CCN(c2ccc3c(c2)C(=O)N(C2CCC(O)NC2=O)C3=O)CC1. The summed E-state index contributed by atoms with van der Waals surface area (Å²) >= 11 is 0. The fraction of sp³-hybridized carbons (Fsp3) is 0.600. The average Bonchev–Trinajstić information content (AvgIpc) is 3.03. The molecular weight excluding hydrogens is 452 g/mol. The smallest absolute Gasteiger partial charge is 0.306 e. The Morgan fingerprint density at radius 3 is 2.40 bits per heavy atom. The fourth-order valence-electron chi connectivity index (χ4n) is 4.82. The first kappa shape index (κ1) is 25.1. The normalized spacial score (nSPS) is 23.4. The van der Waals surface area contributed by atoms with E-state index in [1.807, 2.05) is 26.8 Å². The Bertz CT molecular complexity index is 1010. The molecule has 2 N–H and O–H groups in total. The van der Waals surface area contributed by atoms with Gasteiger partial charge in [-0.25, -0.2) is 0 Å². The lowest BCUT2D eigenvalue weighted by atomic mass is 10.0. The van der Waals surface area contributed by atoms with Gasteiger partial charge in [-0.05, 0) is 64.8 Å². The van der Waals surface area contributed by atoms with Gasteiger partial charge in [0, 0.05) is 38.3 Å². The molecule has 3 aliphatic rings. The predicted molar refractivity (Wildman–Crippen MR) is 128 cm³/mol. The van der Waals surface area contributed by atoms with Crippen LogP contribution >= 0.6 is 0 Å². The van der Waals surface area contributed by atoms with Crippen LogP contribution in [0, 0.1) is 0 Å². The van der Waals surface area contributed by atoms with E-state index >= 15 is 0 Å². The van der Waals surface area contributed by atoms with Gasteiger partial charge < -0.3 is 20.1 Å². The number of carbonyl (C=O) groups is 4. The van der Waals surface area contributed by atoms with Crippen LogP contribution in [-0.4, -0.2) is 89.2 Å². The van der Waals surface area contributed by atoms with Crippen molar-refractivity contribution in [2.75, 3.05) is 37.6 Å². The van der Waals surface area contributed by atoms with Gasteiger partial charge in [0.1, 0.15) is 17.9 Å². The molecule has 2 saturated heterocycles. The summed E-state index contributed by atoms with van der Waals surface area (Å²) in [5.41, 5.74) is 1.01. The maximum atomic E-state index is 13.1. The van der Waals surface area contributed by atoms with Crippen LogP contribution in [-0.2, 0) is 14.3 Å². The lowest BCUT2D eigenvalue weighted by molar-refractivity contribution is -0.155. The average molecular weight is 487 g/mol. The quantitative estimate of drug-likeness (QED) is 0.454. The molecule has 35 heavy (non-hydrogen) atoms. The number of piperazine rings is 1. The molecule has 0 spiro atoms. The van der Waals surface area contributed by atoms with Crippen molar-refractivity contribution in [1.29, 1.82) is 0 Å². The first-order valence-corrected chi connectivity index (χ1v) is 12.2. The van der Waals surface area contributed by atoms with Crippen LogP contribution in [0.3, 0.4) is 0 Å². The summed E-state index contributed by atoms with van der Waals surface area (Å²) in [6.45, 7) is 9.59. The zero-order valence-electron chi connectivity index (χ0n) is 20.6. The van der Waals surface area contributed by atoms with Gasteiger partial charge in [0.25, 0.3) is 11.8 Å². The molecule has 3 amide bonds. The van der Waals surface area contributed by atoms with E-state index in [0.29, 0.717) is 17.5 Å². The summed E-state index contributed by atoms with van der Waals surface area (Å²) in [6.07, 6.45) is 0.716. The van der Waals surface area contributed by atoms with Gasteiger partial charge in [-0.2, -0.15) is 0 Å². The van der Waals surface area contributed by atoms with Crippen LogP contribution in [0.5, 0.6) is 0 Å². The summed E-state index contributed by atoms with van der Waals surface area (Å²) in [7, 11) is 0. The van der Waals surface area contributed by atoms with Crippen LogP contribution in [0.25, 0.3) is 0 Å². The lowest BCUT2D eigenvalue weighted by Crippen LogP contribution is -2.55. The molecule has 2 atom stereocenters. The van der Waals surface area contributed by atoms with E-state index in [2.05, 4.69) is 15.1 Å². The van der Waals surface area contributed by atoms with Crippen molar-refractivity contribution >= 4 is 29.4 Å². The maximum Gasteiger partial charge on any atom is 0.306 e. The number of esters is 1. The number of imide groups is 1. The van der Waals surface area contributed by atoms with Crippen molar-refractivity contribution in [3.63, 3.8) is 0 Å². The molecule has 1 aromatic carbocycles. The van der Waals surface area contributed by atoms with Crippen LogP contribution in [0.15, 0.2) is 18.2 Å². The number of ether oxygens (including phenoxy) is 1. The Balaban J connectivity index is 1.32. The van der Waals surface area contributed by atoms with E-state index in [1.54, 1.807) is 12.1 Å². The monoisotopic (exact) mass is 486 g/mol.